The summed E-state index contributed by atoms with van der Waals surface area (Å²) in [5.74, 6) is 0.0585. The first-order chi connectivity index (χ1) is 20.9. The smallest absolute Gasteiger partial charge is 0.386 e. The maximum Gasteiger partial charge on any atom is 0.386 e. The average molecular weight is 690 g/mol. The van der Waals surface area contributed by atoms with Crippen LogP contribution in [0.2, 0.25) is 0 Å². The van der Waals surface area contributed by atoms with Crippen LogP contribution in [0.5, 0.6) is 0 Å². The van der Waals surface area contributed by atoms with Crippen molar-refractivity contribution in [1.82, 2.24) is 34.1 Å². The summed E-state index contributed by atoms with van der Waals surface area (Å²) in [5.41, 5.74) is 11.5. The van der Waals surface area contributed by atoms with Crippen LogP contribution < -0.4 is 17.0 Å². The van der Waals surface area contributed by atoms with Gasteiger partial charge in [0, 0.05) is 12.6 Å². The predicted molar refractivity (Wildman–Crippen MR) is 158 cm³/mol. The van der Waals surface area contributed by atoms with Crippen molar-refractivity contribution >= 4 is 72.1 Å². The molecular weight excluding hydrogens is 664 g/mol. The number of nitrogen functional groups attached to an aromatic ring is 2. The Morgan fingerprint density at radius 3 is 2.57 bits per heavy atom. The minimum absolute atomic E-state index is 0.0172. The van der Waals surface area contributed by atoms with Gasteiger partial charge in [0.2, 0.25) is 5.95 Å². The van der Waals surface area contributed by atoms with Crippen LogP contribution in [0.25, 0.3) is 22.2 Å². The molecule has 44 heavy (non-hydrogen) atoms. The molecule has 4 aromatic heterocycles. The van der Waals surface area contributed by atoms with Crippen LogP contribution in [-0.2, 0) is 36.7 Å². The Balaban J connectivity index is 1.19. The fourth-order valence-corrected chi connectivity index (χ4v) is 8.43. The number of aromatic amines is 1. The number of aliphatic hydroxyl groups excluding tert-OH is 1. The van der Waals surface area contributed by atoms with Crippen LogP contribution in [0.15, 0.2) is 29.7 Å². The summed E-state index contributed by atoms with van der Waals surface area (Å²) in [6.45, 7) is -9.13. The number of anilines is 2. The first kappa shape index (κ1) is 30.1. The normalized spacial score (nSPS) is 36.6. The summed E-state index contributed by atoms with van der Waals surface area (Å²) < 4.78 is 64.6. The molecule has 2 bridgehead atoms. The molecule has 23 heteroatoms. The highest BCUT2D eigenvalue weighted by Crippen LogP contribution is 2.60. The molecule has 6 N–H and O–H groups in total. The molecule has 9 atom stereocenters. The van der Waals surface area contributed by atoms with Crippen LogP contribution in [0.3, 0.4) is 0 Å². The molecular formula is C21H25N9O10P2S2. The van der Waals surface area contributed by atoms with E-state index in [1.54, 1.807) is 12.3 Å². The van der Waals surface area contributed by atoms with E-state index < -0.39 is 68.7 Å². The number of nitrogens with zero attached hydrogens (tertiary/aromatic N) is 6. The van der Waals surface area contributed by atoms with Crippen molar-refractivity contribution in [3.8, 4) is 0 Å². The predicted octanol–water partition coefficient (Wildman–Crippen LogP) is 1.17. The van der Waals surface area contributed by atoms with Gasteiger partial charge in [0.25, 0.3) is 5.56 Å². The molecule has 0 spiro atoms. The van der Waals surface area contributed by atoms with E-state index >= 15 is 0 Å². The van der Waals surface area contributed by atoms with Crippen LogP contribution in [0.1, 0.15) is 18.9 Å². The van der Waals surface area contributed by atoms with Crippen molar-refractivity contribution in [2.75, 3.05) is 24.7 Å². The summed E-state index contributed by atoms with van der Waals surface area (Å²) in [4.78, 5) is 31.1. The lowest BCUT2D eigenvalue weighted by Crippen LogP contribution is -2.35. The van der Waals surface area contributed by atoms with E-state index in [2.05, 4.69) is 49.4 Å². The van der Waals surface area contributed by atoms with E-state index in [-0.39, 0.29) is 36.0 Å². The van der Waals surface area contributed by atoms with Crippen molar-refractivity contribution in [1.29, 1.82) is 0 Å². The summed E-state index contributed by atoms with van der Waals surface area (Å²) in [7, 11) is 0. The fourth-order valence-electron chi connectivity index (χ4n) is 5.43. The summed E-state index contributed by atoms with van der Waals surface area (Å²) in [6, 6.07) is 1.64. The molecule has 19 nitrogen and oxygen atoms in total. The van der Waals surface area contributed by atoms with Crippen molar-refractivity contribution in [2.24, 2.45) is 0 Å². The van der Waals surface area contributed by atoms with E-state index in [1.807, 2.05) is 0 Å². The quantitative estimate of drug-likeness (QED) is 0.128. The Hall–Kier alpha value is -2.55. The molecule has 3 aliphatic rings. The van der Waals surface area contributed by atoms with Crippen molar-refractivity contribution in [3.05, 3.63) is 35.3 Å². The van der Waals surface area contributed by atoms with Crippen LogP contribution in [0, 0.1) is 0 Å². The molecule has 4 aromatic rings. The lowest BCUT2D eigenvalue weighted by molar-refractivity contribution is -0.0570. The number of H-pyrrole nitrogens is 1. The first-order valence-electron chi connectivity index (χ1n) is 13.0. The number of hydrogen-bond donors (Lipinski definition) is 6. The minimum atomic E-state index is -4.17. The maximum absolute atomic E-state index is 13.5. The number of thiol groups is 2. The third-order valence-electron chi connectivity index (χ3n) is 7.34. The molecule has 0 unspecified atom stereocenters. The number of aliphatic hydroxyl groups is 1. The van der Waals surface area contributed by atoms with Gasteiger partial charge in [0.15, 0.2) is 23.6 Å². The largest absolute Gasteiger partial charge is 0.386 e. The molecule has 0 aliphatic carbocycles. The molecule has 7 rings (SSSR count). The van der Waals surface area contributed by atoms with Crippen molar-refractivity contribution in [3.63, 3.8) is 0 Å². The second kappa shape index (κ2) is 11.1. The van der Waals surface area contributed by atoms with E-state index in [9.17, 15) is 19.0 Å². The number of hydrogen-bond acceptors (Lipinski definition) is 16. The number of ether oxygens (including phenoxy) is 2. The topological polar surface area (TPSA) is 256 Å². The molecule has 3 aliphatic heterocycles. The zero-order chi connectivity index (χ0) is 31.0. The third-order valence-corrected chi connectivity index (χ3v) is 10.6. The number of imidazole rings is 1. The monoisotopic (exact) mass is 689 g/mol. The molecule has 0 aromatic carbocycles. The highest BCUT2D eigenvalue weighted by molar-refractivity contribution is 8.44. The van der Waals surface area contributed by atoms with E-state index in [0.29, 0.717) is 11.0 Å². The highest BCUT2D eigenvalue weighted by atomic mass is 32.7. The summed E-state index contributed by atoms with van der Waals surface area (Å²) >= 11 is 8.27. The molecule has 0 amide bonds. The lowest BCUT2D eigenvalue weighted by atomic mass is 10.1. The van der Waals surface area contributed by atoms with Crippen molar-refractivity contribution < 1.29 is 41.8 Å². The Kier molecular flexibility index (Phi) is 7.57. The molecule has 3 fully saturated rings. The minimum Gasteiger partial charge on any atom is -0.386 e. The van der Waals surface area contributed by atoms with Gasteiger partial charge in [-0.2, -0.15) is 4.98 Å². The number of rotatable bonds is 2. The molecule has 3 saturated heterocycles. The van der Waals surface area contributed by atoms with Crippen molar-refractivity contribution in [2.45, 2.75) is 49.4 Å². The molecule has 0 radical (unpaired) electrons. The van der Waals surface area contributed by atoms with Gasteiger partial charge in [-0.3, -0.25) is 32.4 Å². The number of fused-ring (bicyclic) bond motifs is 5. The Labute approximate surface area is 256 Å². The Morgan fingerprint density at radius 1 is 0.977 bits per heavy atom. The second-order valence-electron chi connectivity index (χ2n) is 10.2. The van der Waals surface area contributed by atoms with Gasteiger partial charge in [-0.15, -0.1) is 0 Å². The van der Waals surface area contributed by atoms with Crippen LogP contribution in [0.4, 0.5) is 11.8 Å². The molecule has 236 valence electrons. The standard InChI is InChI=1S/C21H25N9O10P2S2/c22-15-9-1-2-29(16(9)25-6-24-15)20-13(31)14-11(38-20)5-36-41(33,43)39-10-3-8(4-35-42(34,44)40-14)37-19(10)30-7-26-12-17(30)27-21(23)28-18(12)32/h1-2,6-8,10-11,13-14,19-20,31H,3-5H2,(H,33,43)(H,34,44)(H2,22,24,25)(H3,23,27,28,32)/t8-,10+,11+,13+,14+,19+,20+,41+,42-/m0/s1. The Morgan fingerprint density at radius 2 is 1.75 bits per heavy atom. The Bertz CT molecular complexity index is 1910. The number of nitrogens with one attached hydrogen (secondary N) is 1. The first-order valence-corrected chi connectivity index (χ1v) is 18.4. The summed E-state index contributed by atoms with van der Waals surface area (Å²) in [5, 5.41) is 11.8. The zero-order valence-corrected chi connectivity index (χ0v) is 25.8. The SMILES string of the molecule is Nc1nc2c(ncn2[C@@H]2O[C@@H]3CO[P@](=O)(S)O[C@H]4[C@@H](O)[C@H](n5ccc6c(N)ncnc65)O[C@@H]4CO[P@@](=O)(S)O[C@@H]2C3)c(=O)[nH]1. The fraction of sp³-hybridized carbons (Fsp3) is 0.476. The van der Waals surface area contributed by atoms with Gasteiger partial charge in [0.1, 0.15) is 42.2 Å². The number of nitrogens with two attached hydrogens (primary N) is 2. The van der Waals surface area contributed by atoms with Gasteiger partial charge in [-0.25, -0.2) is 24.1 Å². The van der Waals surface area contributed by atoms with Crippen LogP contribution in [-0.4, -0.2) is 82.9 Å². The van der Waals surface area contributed by atoms with E-state index in [4.69, 9.17) is 39.0 Å². The maximum atomic E-state index is 13.5. The van der Waals surface area contributed by atoms with Gasteiger partial charge in [-0.1, -0.05) is 24.5 Å². The average Bonchev–Trinajstić information content (AvgIpc) is 3.72. The van der Waals surface area contributed by atoms with E-state index in [0.717, 1.165) is 0 Å². The summed E-state index contributed by atoms with van der Waals surface area (Å²) in [6.07, 6.45) is -3.71. The zero-order valence-electron chi connectivity index (χ0n) is 22.2. The highest BCUT2D eigenvalue weighted by Gasteiger charge is 2.51. The molecule has 0 saturated carbocycles. The number of aromatic nitrogens is 7. The van der Waals surface area contributed by atoms with Gasteiger partial charge >= 0.3 is 13.6 Å². The second-order valence-corrected chi connectivity index (χ2v) is 15.9. The van der Waals surface area contributed by atoms with Gasteiger partial charge in [0.05, 0.1) is 31.0 Å². The molecule has 7 heterocycles. The lowest BCUT2D eigenvalue weighted by Gasteiger charge is -2.26. The van der Waals surface area contributed by atoms with E-state index in [1.165, 1.54) is 21.8 Å². The van der Waals surface area contributed by atoms with Crippen LogP contribution >= 0.6 is 38.1 Å². The third kappa shape index (κ3) is 5.45. The van der Waals surface area contributed by atoms with Gasteiger partial charge in [-0.05, 0) is 6.07 Å². The van der Waals surface area contributed by atoms with Gasteiger partial charge < -0.3 is 30.6 Å².